The van der Waals surface area contributed by atoms with E-state index < -0.39 is 0 Å². The van der Waals surface area contributed by atoms with Gasteiger partial charge in [0.2, 0.25) is 0 Å². The van der Waals surface area contributed by atoms with Gasteiger partial charge in [-0.3, -0.25) is 4.79 Å². The van der Waals surface area contributed by atoms with Gasteiger partial charge in [-0.1, -0.05) is 29.8 Å². The molecule has 5 rings (SSSR count). The van der Waals surface area contributed by atoms with E-state index >= 15 is 0 Å². The summed E-state index contributed by atoms with van der Waals surface area (Å²) in [5.41, 5.74) is 6.39. The van der Waals surface area contributed by atoms with Crippen LogP contribution in [0.15, 0.2) is 42.5 Å². The predicted octanol–water partition coefficient (Wildman–Crippen LogP) is 6.77. The van der Waals surface area contributed by atoms with Crippen LogP contribution in [0.3, 0.4) is 0 Å². The van der Waals surface area contributed by atoms with Crippen LogP contribution in [0.25, 0.3) is 20.8 Å². The number of rotatable bonds is 3. The molecule has 1 amide bonds. The largest absolute Gasteiger partial charge is 0.313 e. The molecule has 2 aromatic carbocycles. The van der Waals surface area contributed by atoms with Crippen molar-refractivity contribution in [2.24, 2.45) is 0 Å². The third-order valence-corrected chi connectivity index (χ3v) is 7.80. The van der Waals surface area contributed by atoms with Gasteiger partial charge in [-0.05, 0) is 68.9 Å². The summed E-state index contributed by atoms with van der Waals surface area (Å²) < 4.78 is 1.19. The number of hydrogen-bond acceptors (Lipinski definition) is 4. The molecule has 5 heteroatoms. The maximum Gasteiger partial charge on any atom is 0.256 e. The number of carbonyl (C=O) groups excluding carboxylic acids is 1. The molecule has 1 N–H and O–H groups in total. The van der Waals surface area contributed by atoms with Crippen molar-refractivity contribution >= 4 is 43.8 Å². The third kappa shape index (κ3) is 3.38. The van der Waals surface area contributed by atoms with Crippen molar-refractivity contribution in [3.63, 3.8) is 0 Å². The first-order chi connectivity index (χ1) is 14.1. The van der Waals surface area contributed by atoms with E-state index in [1.54, 1.807) is 22.7 Å². The highest BCUT2D eigenvalue weighted by molar-refractivity contribution is 7.23. The topological polar surface area (TPSA) is 42.0 Å². The predicted molar refractivity (Wildman–Crippen MR) is 123 cm³/mol. The van der Waals surface area contributed by atoms with Crippen molar-refractivity contribution < 1.29 is 4.79 Å². The van der Waals surface area contributed by atoms with Gasteiger partial charge < -0.3 is 5.32 Å². The summed E-state index contributed by atoms with van der Waals surface area (Å²) in [6.07, 6.45) is 4.58. The SMILES string of the molecule is Cc1ccc(C)c(C(=O)Nc2sc3c(c2-c2nc4ccccc4s2)CCCC3)c1. The third-order valence-electron chi connectivity index (χ3n) is 5.54. The summed E-state index contributed by atoms with van der Waals surface area (Å²) in [6.45, 7) is 4.01. The average molecular weight is 419 g/mol. The number of nitrogens with zero attached hydrogens (tertiary/aromatic N) is 1. The van der Waals surface area contributed by atoms with Gasteiger partial charge in [0.25, 0.3) is 5.91 Å². The Morgan fingerprint density at radius 2 is 1.86 bits per heavy atom. The fraction of sp³-hybridized carbons (Fsp3) is 0.250. The molecule has 0 saturated heterocycles. The molecule has 3 nitrogen and oxygen atoms in total. The number of amides is 1. The number of para-hydroxylation sites is 1. The Morgan fingerprint density at radius 3 is 2.72 bits per heavy atom. The number of thiazole rings is 1. The van der Waals surface area contributed by atoms with E-state index in [1.165, 1.54) is 28.0 Å². The highest BCUT2D eigenvalue weighted by Crippen LogP contribution is 2.46. The Hall–Kier alpha value is -2.50. The molecule has 1 aliphatic rings. The number of benzene rings is 2. The Bertz CT molecular complexity index is 1200. The number of hydrogen-bond donors (Lipinski definition) is 1. The quantitative estimate of drug-likeness (QED) is 0.399. The molecule has 1 aliphatic carbocycles. The van der Waals surface area contributed by atoms with E-state index in [0.29, 0.717) is 0 Å². The first kappa shape index (κ1) is 18.5. The monoisotopic (exact) mass is 418 g/mol. The zero-order valence-electron chi connectivity index (χ0n) is 16.5. The fourth-order valence-corrected chi connectivity index (χ4v) is 6.41. The van der Waals surface area contributed by atoms with E-state index in [2.05, 4.69) is 23.5 Å². The van der Waals surface area contributed by atoms with Crippen molar-refractivity contribution in [1.29, 1.82) is 0 Å². The van der Waals surface area contributed by atoms with Crippen LogP contribution < -0.4 is 5.32 Å². The molecule has 146 valence electrons. The van der Waals surface area contributed by atoms with Gasteiger partial charge in [-0.15, -0.1) is 22.7 Å². The Kier molecular flexibility index (Phi) is 4.72. The first-order valence-corrected chi connectivity index (χ1v) is 11.6. The highest BCUT2D eigenvalue weighted by Gasteiger charge is 2.25. The lowest BCUT2D eigenvalue weighted by molar-refractivity contribution is 0.102. The summed E-state index contributed by atoms with van der Waals surface area (Å²) in [6, 6.07) is 14.3. The molecule has 0 spiro atoms. The Balaban J connectivity index is 1.60. The minimum absolute atomic E-state index is 0.0350. The molecule has 29 heavy (non-hydrogen) atoms. The summed E-state index contributed by atoms with van der Waals surface area (Å²) >= 11 is 3.45. The molecule has 2 aromatic heterocycles. The lowest BCUT2D eigenvalue weighted by Crippen LogP contribution is -2.13. The highest BCUT2D eigenvalue weighted by atomic mass is 32.1. The molecule has 0 atom stereocenters. The Morgan fingerprint density at radius 1 is 1.03 bits per heavy atom. The number of thiophene rings is 1. The molecule has 0 bridgehead atoms. The summed E-state index contributed by atoms with van der Waals surface area (Å²) in [5, 5.41) is 5.20. The molecular weight excluding hydrogens is 396 g/mol. The summed E-state index contributed by atoms with van der Waals surface area (Å²) in [5.74, 6) is -0.0350. The standard InChI is InChI=1S/C24H22N2OS2/c1-14-11-12-15(2)17(13-14)22(27)26-24-21(16-7-3-5-9-19(16)28-24)23-25-18-8-4-6-10-20(18)29-23/h4,6,8,10-13H,3,5,7,9H2,1-2H3,(H,26,27). The molecular formula is C24H22N2OS2. The van der Waals surface area contributed by atoms with Crippen LogP contribution >= 0.6 is 22.7 Å². The number of aromatic nitrogens is 1. The maximum absolute atomic E-state index is 13.1. The lowest BCUT2D eigenvalue weighted by atomic mass is 9.95. The number of aryl methyl sites for hydroxylation is 3. The van der Waals surface area contributed by atoms with Gasteiger partial charge in [0.1, 0.15) is 10.0 Å². The second kappa shape index (κ2) is 7.39. The van der Waals surface area contributed by atoms with Crippen LogP contribution in [0, 0.1) is 13.8 Å². The smallest absolute Gasteiger partial charge is 0.256 e. The lowest BCUT2D eigenvalue weighted by Gasteiger charge is -2.12. The number of carbonyl (C=O) groups is 1. The van der Waals surface area contributed by atoms with Crippen molar-refractivity contribution in [1.82, 2.24) is 4.98 Å². The molecule has 4 aromatic rings. The first-order valence-electron chi connectivity index (χ1n) is 9.99. The van der Waals surface area contributed by atoms with Gasteiger partial charge in [-0.2, -0.15) is 0 Å². The normalized spacial score (nSPS) is 13.4. The van der Waals surface area contributed by atoms with E-state index in [-0.39, 0.29) is 5.91 Å². The minimum Gasteiger partial charge on any atom is -0.313 e. The van der Waals surface area contributed by atoms with Crippen LogP contribution in [0.5, 0.6) is 0 Å². The van der Waals surface area contributed by atoms with E-state index in [9.17, 15) is 4.79 Å². The van der Waals surface area contributed by atoms with Gasteiger partial charge in [0.05, 0.1) is 10.2 Å². The van der Waals surface area contributed by atoms with Crippen molar-refractivity contribution in [3.05, 3.63) is 69.6 Å². The number of fused-ring (bicyclic) bond motifs is 2. The molecule has 2 heterocycles. The van der Waals surface area contributed by atoms with Crippen LogP contribution in [0.4, 0.5) is 5.00 Å². The maximum atomic E-state index is 13.1. The van der Waals surface area contributed by atoms with E-state index in [0.717, 1.165) is 50.6 Å². The van der Waals surface area contributed by atoms with Crippen LogP contribution in [-0.4, -0.2) is 10.9 Å². The van der Waals surface area contributed by atoms with Crippen LogP contribution in [-0.2, 0) is 12.8 Å². The van der Waals surface area contributed by atoms with Crippen LogP contribution in [0.2, 0.25) is 0 Å². The average Bonchev–Trinajstić information content (AvgIpc) is 3.30. The summed E-state index contributed by atoms with van der Waals surface area (Å²) in [7, 11) is 0. The minimum atomic E-state index is -0.0350. The number of anilines is 1. The van der Waals surface area contributed by atoms with E-state index in [1.807, 2.05) is 38.1 Å². The van der Waals surface area contributed by atoms with E-state index in [4.69, 9.17) is 4.98 Å². The van der Waals surface area contributed by atoms with Crippen molar-refractivity contribution in [2.75, 3.05) is 5.32 Å². The molecule has 0 aliphatic heterocycles. The van der Waals surface area contributed by atoms with Gasteiger partial charge >= 0.3 is 0 Å². The summed E-state index contributed by atoms with van der Waals surface area (Å²) in [4.78, 5) is 19.4. The molecule has 0 fully saturated rings. The zero-order valence-corrected chi connectivity index (χ0v) is 18.2. The van der Waals surface area contributed by atoms with Crippen molar-refractivity contribution in [3.8, 4) is 10.6 Å². The molecule has 0 saturated carbocycles. The second-order valence-corrected chi connectivity index (χ2v) is 9.81. The Labute approximate surface area is 178 Å². The van der Waals surface area contributed by atoms with Gasteiger partial charge in [0.15, 0.2) is 0 Å². The molecule has 0 radical (unpaired) electrons. The van der Waals surface area contributed by atoms with Crippen molar-refractivity contribution in [2.45, 2.75) is 39.5 Å². The second-order valence-electron chi connectivity index (χ2n) is 7.67. The van der Waals surface area contributed by atoms with Crippen LogP contribution in [0.1, 0.15) is 44.8 Å². The zero-order chi connectivity index (χ0) is 20.0. The van der Waals surface area contributed by atoms with Gasteiger partial charge in [-0.25, -0.2) is 4.98 Å². The number of nitrogens with one attached hydrogen (secondary N) is 1. The fourth-order valence-electron chi connectivity index (χ4n) is 4.01. The molecule has 0 unspecified atom stereocenters. The van der Waals surface area contributed by atoms with Gasteiger partial charge in [0, 0.05) is 16.0 Å².